The molecule has 2 aliphatic rings. The van der Waals surface area contributed by atoms with Gasteiger partial charge in [-0.15, -0.1) is 0 Å². The van der Waals surface area contributed by atoms with Crippen molar-refractivity contribution in [3.05, 3.63) is 233 Å². The van der Waals surface area contributed by atoms with Gasteiger partial charge in [0.05, 0.1) is 0 Å². The fraction of sp³-hybridized carbons (Fsp3) is 0.270. The van der Waals surface area contributed by atoms with E-state index in [2.05, 4.69) is 287 Å². The zero-order valence-corrected chi connectivity index (χ0v) is 47.2. The number of hydrogen-bond acceptors (Lipinski definition) is 2. The smallest absolute Gasteiger partial charge is 0.0468 e. The highest BCUT2D eigenvalue weighted by molar-refractivity contribution is 6.21. The van der Waals surface area contributed by atoms with Crippen LogP contribution in [-0.4, -0.2) is 0 Å². The molecular weight excluding hydrogens is 917 g/mol. The summed E-state index contributed by atoms with van der Waals surface area (Å²) in [6.07, 6.45) is 11.2. The number of anilines is 5. The average Bonchev–Trinajstić information content (AvgIpc) is 3.44. The van der Waals surface area contributed by atoms with Gasteiger partial charge in [-0.1, -0.05) is 210 Å². The summed E-state index contributed by atoms with van der Waals surface area (Å²) in [6.45, 7) is 27.7. The van der Waals surface area contributed by atoms with Crippen molar-refractivity contribution in [1.29, 1.82) is 0 Å². The molecule has 2 nitrogen and oxygen atoms in total. The van der Waals surface area contributed by atoms with Crippen LogP contribution in [0.3, 0.4) is 0 Å². The quantitative estimate of drug-likeness (QED) is 0.140. The van der Waals surface area contributed by atoms with Gasteiger partial charge in [0.2, 0.25) is 0 Å². The highest BCUT2D eigenvalue weighted by Crippen LogP contribution is 2.50. The van der Waals surface area contributed by atoms with Gasteiger partial charge < -0.3 is 9.80 Å². The lowest BCUT2D eigenvalue weighted by Crippen LogP contribution is -2.20. The topological polar surface area (TPSA) is 6.48 Å². The Morgan fingerprint density at radius 3 is 1.37 bits per heavy atom. The first-order valence-corrected chi connectivity index (χ1v) is 27.8. The Labute approximate surface area is 454 Å². The van der Waals surface area contributed by atoms with Crippen LogP contribution in [0.25, 0.3) is 55.1 Å². The third-order valence-corrected chi connectivity index (χ3v) is 16.4. The molecule has 9 aromatic carbocycles. The van der Waals surface area contributed by atoms with Crippen LogP contribution >= 0.6 is 0 Å². The number of nitrogens with zero attached hydrogens (tertiary/aromatic N) is 2. The third-order valence-electron chi connectivity index (χ3n) is 16.4. The zero-order chi connectivity index (χ0) is 53.3. The molecule has 0 bridgehead atoms. The molecule has 76 heavy (non-hydrogen) atoms. The van der Waals surface area contributed by atoms with E-state index in [1.54, 1.807) is 0 Å². The van der Waals surface area contributed by atoms with E-state index in [1.807, 2.05) is 0 Å². The molecule has 382 valence electrons. The molecule has 0 aliphatic heterocycles. The molecule has 9 aromatic rings. The first-order chi connectivity index (χ1) is 36.2. The summed E-state index contributed by atoms with van der Waals surface area (Å²) >= 11 is 0. The lowest BCUT2D eigenvalue weighted by atomic mass is 9.80. The maximum absolute atomic E-state index is 2.54. The van der Waals surface area contributed by atoms with Gasteiger partial charge in [0, 0.05) is 34.1 Å². The summed E-state index contributed by atoms with van der Waals surface area (Å²) < 4.78 is 0. The summed E-state index contributed by atoms with van der Waals surface area (Å²) in [4.78, 5) is 5.01. The first kappa shape index (κ1) is 50.7. The lowest BCUT2D eigenvalue weighted by molar-refractivity contribution is 0.479. The van der Waals surface area contributed by atoms with E-state index in [1.165, 1.54) is 105 Å². The molecule has 0 N–H and O–H groups in total. The minimum atomic E-state index is 0.0378. The Kier molecular flexibility index (Phi) is 12.9. The minimum Gasteiger partial charge on any atom is -0.314 e. The second kappa shape index (κ2) is 19.3. The number of hydrogen-bond donors (Lipinski definition) is 0. The predicted molar refractivity (Wildman–Crippen MR) is 331 cm³/mol. The van der Waals surface area contributed by atoms with Crippen LogP contribution in [0.5, 0.6) is 0 Å². The van der Waals surface area contributed by atoms with Gasteiger partial charge in [-0.05, 0) is 203 Å². The predicted octanol–water partition coefficient (Wildman–Crippen LogP) is 21.5. The van der Waals surface area contributed by atoms with Crippen molar-refractivity contribution < 1.29 is 0 Å². The standard InChI is InChI=1S/C74H76N2/c1-71(2,3)55-25-33-59(34-26-55)75(60-35-27-56(28-36-60)72(4,5)6)63-41-43-65-67(47-63)69(53-23-21-49-17-13-15-19-51(49)45-53)66-44-42-64(48-68(66)70(65)54-24-22-50-18-14-16-20-52(50)46-54)76(61-37-29-57(30-38-61)73(7,8)9)62-39-31-58(32-40-62)74(10,11)12/h13-21,23,25-27,29-35,37-48H,22,24,28,36H2,1-12H3. The van der Waals surface area contributed by atoms with Crippen LogP contribution in [-0.2, 0) is 22.7 Å². The zero-order valence-electron chi connectivity index (χ0n) is 47.2. The maximum atomic E-state index is 2.54. The monoisotopic (exact) mass is 993 g/mol. The number of fused-ring (bicyclic) bond motifs is 4. The summed E-state index contributed by atoms with van der Waals surface area (Å²) in [7, 11) is 0. The number of rotatable bonds is 8. The molecule has 0 fully saturated rings. The molecule has 0 radical (unpaired) electrons. The Morgan fingerprint density at radius 1 is 0.342 bits per heavy atom. The molecule has 0 aromatic heterocycles. The molecule has 0 saturated carbocycles. The van der Waals surface area contributed by atoms with E-state index >= 15 is 0 Å². The molecule has 2 aliphatic carbocycles. The normalized spacial score (nSPS) is 14.3. The van der Waals surface area contributed by atoms with Gasteiger partial charge in [-0.3, -0.25) is 0 Å². The summed E-state index contributed by atoms with van der Waals surface area (Å²) in [5.41, 5.74) is 20.7. The molecule has 0 saturated heterocycles. The molecule has 0 heterocycles. The van der Waals surface area contributed by atoms with E-state index in [-0.39, 0.29) is 21.7 Å². The van der Waals surface area contributed by atoms with Crippen molar-refractivity contribution in [3.63, 3.8) is 0 Å². The van der Waals surface area contributed by atoms with E-state index in [9.17, 15) is 0 Å². The van der Waals surface area contributed by atoms with Gasteiger partial charge in [-0.25, -0.2) is 0 Å². The number of aryl methyl sites for hydroxylation is 1. The fourth-order valence-electron chi connectivity index (χ4n) is 11.8. The number of allylic oxidation sites excluding steroid dienone is 5. The molecule has 0 unspecified atom stereocenters. The van der Waals surface area contributed by atoms with Crippen LogP contribution in [0.2, 0.25) is 0 Å². The maximum Gasteiger partial charge on any atom is 0.0468 e. The first-order valence-electron chi connectivity index (χ1n) is 27.8. The molecule has 2 heteroatoms. The van der Waals surface area contributed by atoms with Gasteiger partial charge in [-0.2, -0.15) is 0 Å². The molecular formula is C74H76N2. The third kappa shape index (κ3) is 9.84. The average molecular weight is 993 g/mol. The number of benzene rings is 9. The van der Waals surface area contributed by atoms with E-state index < -0.39 is 0 Å². The molecule has 0 atom stereocenters. The SMILES string of the molecule is CC(C)(C)C1=CC=C(N(c2ccc(C(C)(C)C)cc2)c2ccc3c(C4=Cc5ccccc5CC4)c4cc(N(c5ccc(C(C)(C)C)cc5)c5ccc(C(C)(C)C)cc5)ccc4c(-c4ccc5ccccc5c4)c3c2)CC1. The fourth-order valence-corrected chi connectivity index (χ4v) is 11.8. The summed E-state index contributed by atoms with van der Waals surface area (Å²) in [6, 6.07) is 67.5. The Hall–Kier alpha value is -7.42. The van der Waals surface area contributed by atoms with Crippen LogP contribution in [0.1, 0.15) is 136 Å². The second-order valence-corrected chi connectivity index (χ2v) is 25.8. The second-order valence-electron chi connectivity index (χ2n) is 25.8. The van der Waals surface area contributed by atoms with Crippen LogP contribution < -0.4 is 9.80 Å². The van der Waals surface area contributed by atoms with Crippen molar-refractivity contribution in [1.82, 2.24) is 0 Å². The van der Waals surface area contributed by atoms with Crippen LogP contribution in [0.4, 0.5) is 28.4 Å². The van der Waals surface area contributed by atoms with Gasteiger partial charge in [0.15, 0.2) is 0 Å². The Bertz CT molecular complexity index is 3700. The highest BCUT2D eigenvalue weighted by Gasteiger charge is 2.28. The Morgan fingerprint density at radius 2 is 0.829 bits per heavy atom. The van der Waals surface area contributed by atoms with Crippen LogP contribution in [0.15, 0.2) is 199 Å². The van der Waals surface area contributed by atoms with Crippen molar-refractivity contribution in [2.75, 3.05) is 9.80 Å². The Balaban J connectivity index is 1.22. The molecule has 11 rings (SSSR count). The minimum absolute atomic E-state index is 0.0378. The van der Waals surface area contributed by atoms with Gasteiger partial charge in [0.25, 0.3) is 0 Å². The van der Waals surface area contributed by atoms with Crippen molar-refractivity contribution in [2.45, 2.75) is 125 Å². The largest absolute Gasteiger partial charge is 0.314 e. The van der Waals surface area contributed by atoms with Gasteiger partial charge >= 0.3 is 0 Å². The van der Waals surface area contributed by atoms with Crippen molar-refractivity contribution in [2.24, 2.45) is 5.41 Å². The molecule has 0 spiro atoms. The summed E-state index contributed by atoms with van der Waals surface area (Å²) in [5.74, 6) is 0. The van der Waals surface area contributed by atoms with Crippen molar-refractivity contribution in [3.8, 4) is 11.1 Å². The van der Waals surface area contributed by atoms with Crippen molar-refractivity contribution >= 4 is 72.4 Å². The van der Waals surface area contributed by atoms with E-state index in [0.717, 1.165) is 42.7 Å². The van der Waals surface area contributed by atoms with Crippen LogP contribution in [0, 0.1) is 5.41 Å². The lowest BCUT2D eigenvalue weighted by Gasteiger charge is -2.33. The van der Waals surface area contributed by atoms with Gasteiger partial charge in [0.1, 0.15) is 0 Å². The molecule has 0 amide bonds. The summed E-state index contributed by atoms with van der Waals surface area (Å²) in [5, 5.41) is 7.52. The van der Waals surface area contributed by atoms with E-state index in [4.69, 9.17) is 0 Å². The van der Waals surface area contributed by atoms with E-state index in [0.29, 0.717) is 0 Å². The highest BCUT2D eigenvalue weighted by atomic mass is 15.2.